The highest BCUT2D eigenvalue weighted by Gasteiger charge is 2.11. The maximum atomic E-state index is 12.5. The first kappa shape index (κ1) is 18.4. The quantitative estimate of drug-likeness (QED) is 0.564. The Morgan fingerprint density at radius 2 is 2.16 bits per heavy atom. The number of aromatic nitrogens is 1. The number of ether oxygens (including phenoxy) is 2. The largest absolute Gasteiger partial charge is 0.497 e. The van der Waals surface area contributed by atoms with Crippen molar-refractivity contribution in [1.29, 1.82) is 0 Å². The lowest BCUT2D eigenvalue weighted by Gasteiger charge is -2.11. The molecule has 2 aromatic rings. The van der Waals surface area contributed by atoms with Crippen LogP contribution in [-0.2, 0) is 13.0 Å². The van der Waals surface area contributed by atoms with Gasteiger partial charge in [0.1, 0.15) is 11.5 Å². The number of benzene rings is 1. The Morgan fingerprint density at radius 3 is 2.84 bits per heavy atom. The summed E-state index contributed by atoms with van der Waals surface area (Å²) in [7, 11) is 1.49. The van der Waals surface area contributed by atoms with Crippen molar-refractivity contribution in [1.82, 2.24) is 10.3 Å². The predicted molar refractivity (Wildman–Crippen MR) is 90.9 cm³/mol. The first-order valence-electron chi connectivity index (χ1n) is 7.64. The molecule has 0 aliphatic heterocycles. The fourth-order valence-corrected chi connectivity index (χ4v) is 2.11. The molecular weight excluding hydrogens is 330 g/mol. The van der Waals surface area contributed by atoms with Crippen LogP contribution >= 0.6 is 0 Å². The van der Waals surface area contributed by atoms with E-state index in [-0.39, 0.29) is 18.3 Å². The van der Waals surface area contributed by atoms with Crippen LogP contribution in [0.4, 0.5) is 8.78 Å². The minimum absolute atomic E-state index is 0.0424. The Hall–Kier alpha value is -2.90. The number of methoxy groups -OCH3 is 1. The molecule has 0 atom stereocenters. The molecule has 3 N–H and O–H groups in total. The predicted octanol–water partition coefficient (Wildman–Crippen LogP) is 2.34. The SMILES string of the molecule is COc1ccc(OC(F)F)c(CN=C(N)NCCc2ccccn2)c1. The number of guanidine groups is 1. The standard InChI is InChI=1S/C17H20F2N4O2/c1-24-14-5-6-15(25-16(18)19)12(10-14)11-23-17(20)22-9-7-13-4-2-3-8-21-13/h2-6,8,10,16H,7,9,11H2,1H3,(H3,20,22,23). The van der Waals surface area contributed by atoms with Gasteiger partial charge in [-0.15, -0.1) is 0 Å². The normalized spacial score (nSPS) is 11.4. The Morgan fingerprint density at radius 1 is 1.32 bits per heavy atom. The second kappa shape index (κ2) is 9.41. The minimum atomic E-state index is -2.91. The van der Waals surface area contributed by atoms with E-state index in [2.05, 4.69) is 20.0 Å². The summed E-state index contributed by atoms with van der Waals surface area (Å²) in [5, 5.41) is 2.96. The Bertz CT molecular complexity index is 696. The first-order chi connectivity index (χ1) is 12.1. The van der Waals surface area contributed by atoms with Crippen molar-refractivity contribution in [3.8, 4) is 11.5 Å². The van der Waals surface area contributed by atoms with E-state index in [1.807, 2.05) is 18.2 Å². The van der Waals surface area contributed by atoms with E-state index in [4.69, 9.17) is 10.5 Å². The van der Waals surface area contributed by atoms with E-state index in [9.17, 15) is 8.78 Å². The summed E-state index contributed by atoms with van der Waals surface area (Å²) in [6.45, 7) is -2.27. The molecular formula is C17H20F2N4O2. The molecule has 0 amide bonds. The van der Waals surface area contributed by atoms with E-state index in [1.165, 1.54) is 13.2 Å². The lowest BCUT2D eigenvalue weighted by atomic mass is 10.2. The smallest absolute Gasteiger partial charge is 0.387 e. The van der Waals surface area contributed by atoms with Crippen LogP contribution in [0.3, 0.4) is 0 Å². The molecule has 2 rings (SSSR count). The second-order valence-electron chi connectivity index (χ2n) is 5.05. The van der Waals surface area contributed by atoms with E-state index in [0.717, 1.165) is 5.69 Å². The number of halogens is 2. The van der Waals surface area contributed by atoms with Gasteiger partial charge in [-0.3, -0.25) is 4.98 Å². The number of nitrogens with two attached hydrogens (primary N) is 1. The number of hydrogen-bond donors (Lipinski definition) is 2. The molecule has 0 bridgehead atoms. The van der Waals surface area contributed by atoms with Gasteiger partial charge in [0.15, 0.2) is 5.96 Å². The van der Waals surface area contributed by atoms with Crippen LogP contribution in [0, 0.1) is 0 Å². The van der Waals surface area contributed by atoms with E-state index in [0.29, 0.717) is 24.3 Å². The van der Waals surface area contributed by atoms with Crippen LogP contribution in [0.25, 0.3) is 0 Å². The average molecular weight is 350 g/mol. The van der Waals surface area contributed by atoms with Gasteiger partial charge in [0.05, 0.1) is 13.7 Å². The molecule has 134 valence electrons. The molecule has 0 radical (unpaired) electrons. The van der Waals surface area contributed by atoms with Gasteiger partial charge in [0.25, 0.3) is 0 Å². The summed E-state index contributed by atoms with van der Waals surface area (Å²) < 4.78 is 34.5. The van der Waals surface area contributed by atoms with Gasteiger partial charge in [-0.1, -0.05) is 6.07 Å². The molecule has 1 aromatic heterocycles. The average Bonchev–Trinajstić information content (AvgIpc) is 2.61. The van der Waals surface area contributed by atoms with E-state index >= 15 is 0 Å². The van der Waals surface area contributed by atoms with Crippen molar-refractivity contribution in [3.05, 3.63) is 53.9 Å². The molecule has 0 spiro atoms. The molecule has 6 nitrogen and oxygen atoms in total. The van der Waals surface area contributed by atoms with Gasteiger partial charge >= 0.3 is 6.61 Å². The number of pyridine rings is 1. The monoisotopic (exact) mass is 350 g/mol. The van der Waals surface area contributed by atoms with Gasteiger partial charge in [0, 0.05) is 30.4 Å². The minimum Gasteiger partial charge on any atom is -0.497 e. The number of alkyl halides is 2. The van der Waals surface area contributed by atoms with Crippen molar-refractivity contribution in [3.63, 3.8) is 0 Å². The van der Waals surface area contributed by atoms with E-state index < -0.39 is 6.61 Å². The van der Waals surface area contributed by atoms with E-state index in [1.54, 1.807) is 18.3 Å². The van der Waals surface area contributed by atoms with Crippen LogP contribution in [0.1, 0.15) is 11.3 Å². The Labute approximate surface area is 144 Å². The fraction of sp³-hybridized carbons (Fsp3) is 0.294. The van der Waals surface area contributed by atoms with Crippen LogP contribution in [-0.4, -0.2) is 31.2 Å². The highest BCUT2D eigenvalue weighted by atomic mass is 19.3. The zero-order valence-electron chi connectivity index (χ0n) is 13.8. The molecule has 1 heterocycles. The summed E-state index contributed by atoms with van der Waals surface area (Å²) in [5.41, 5.74) is 7.19. The van der Waals surface area contributed by atoms with Gasteiger partial charge in [-0.2, -0.15) is 8.78 Å². The lowest BCUT2D eigenvalue weighted by molar-refractivity contribution is -0.0504. The molecule has 8 heteroatoms. The third-order valence-electron chi connectivity index (χ3n) is 3.32. The molecule has 0 saturated heterocycles. The zero-order chi connectivity index (χ0) is 18.1. The highest BCUT2D eigenvalue weighted by molar-refractivity contribution is 5.77. The van der Waals surface area contributed by atoms with Gasteiger partial charge in [-0.25, -0.2) is 4.99 Å². The number of nitrogens with one attached hydrogen (secondary N) is 1. The first-order valence-corrected chi connectivity index (χ1v) is 7.64. The fourth-order valence-electron chi connectivity index (χ4n) is 2.11. The van der Waals surface area contributed by atoms with Crippen molar-refractivity contribution in [2.24, 2.45) is 10.7 Å². The van der Waals surface area contributed by atoms with Crippen molar-refractivity contribution < 1.29 is 18.3 Å². The lowest BCUT2D eigenvalue weighted by Crippen LogP contribution is -2.33. The van der Waals surface area contributed by atoms with Crippen LogP contribution in [0.2, 0.25) is 0 Å². The van der Waals surface area contributed by atoms with Gasteiger partial charge in [0.2, 0.25) is 0 Å². The summed E-state index contributed by atoms with van der Waals surface area (Å²) in [5.74, 6) is 0.774. The molecule has 1 aromatic carbocycles. The highest BCUT2D eigenvalue weighted by Crippen LogP contribution is 2.26. The summed E-state index contributed by atoms with van der Waals surface area (Å²) in [4.78, 5) is 8.36. The van der Waals surface area contributed by atoms with Crippen LogP contribution < -0.4 is 20.5 Å². The summed E-state index contributed by atoms with van der Waals surface area (Å²) >= 11 is 0. The van der Waals surface area contributed by atoms with Crippen LogP contribution in [0.5, 0.6) is 11.5 Å². The zero-order valence-corrected chi connectivity index (χ0v) is 13.8. The molecule has 25 heavy (non-hydrogen) atoms. The maximum Gasteiger partial charge on any atom is 0.387 e. The third-order valence-corrected chi connectivity index (χ3v) is 3.32. The number of nitrogens with zero attached hydrogens (tertiary/aromatic N) is 2. The number of aliphatic imine (C=N–C) groups is 1. The summed E-state index contributed by atoms with van der Waals surface area (Å²) in [6.07, 6.45) is 2.41. The van der Waals surface area contributed by atoms with Crippen molar-refractivity contribution >= 4 is 5.96 Å². The number of hydrogen-bond acceptors (Lipinski definition) is 4. The Kier molecular flexibility index (Phi) is 6.94. The third kappa shape index (κ3) is 6.25. The molecule has 0 saturated carbocycles. The van der Waals surface area contributed by atoms with Crippen molar-refractivity contribution in [2.45, 2.75) is 19.6 Å². The summed E-state index contributed by atoms with van der Waals surface area (Å²) in [6, 6.07) is 10.2. The van der Waals surface area contributed by atoms with Crippen molar-refractivity contribution in [2.75, 3.05) is 13.7 Å². The maximum absolute atomic E-state index is 12.5. The molecule has 0 unspecified atom stereocenters. The van der Waals surface area contributed by atoms with Gasteiger partial charge < -0.3 is 20.5 Å². The number of rotatable bonds is 8. The topological polar surface area (TPSA) is 81.8 Å². The molecule has 0 fully saturated rings. The second-order valence-corrected chi connectivity index (χ2v) is 5.05. The van der Waals surface area contributed by atoms with Gasteiger partial charge in [-0.05, 0) is 30.3 Å². The molecule has 0 aliphatic rings. The Balaban J connectivity index is 1.94. The molecule has 0 aliphatic carbocycles. The van der Waals surface area contributed by atoms with Crippen LogP contribution in [0.15, 0.2) is 47.6 Å².